The highest BCUT2D eigenvalue weighted by molar-refractivity contribution is 5.87. The maximum atomic E-state index is 11.7. The molecule has 0 aromatic carbocycles. The largest absolute Gasteiger partial charge is 0.472 e. The number of hydrogen-bond acceptors (Lipinski definition) is 3. The van der Waals surface area contributed by atoms with Crippen molar-refractivity contribution in [1.29, 1.82) is 0 Å². The fraction of sp³-hybridized carbons (Fsp3) is 0.429. The van der Waals surface area contributed by atoms with Gasteiger partial charge in [-0.15, -0.1) is 0 Å². The number of likely N-dealkylation sites (tertiary alicyclic amines) is 1. The van der Waals surface area contributed by atoms with Crippen molar-refractivity contribution >= 4 is 5.91 Å². The molecule has 1 amide bonds. The van der Waals surface area contributed by atoms with Crippen LogP contribution in [-0.4, -0.2) is 35.0 Å². The van der Waals surface area contributed by atoms with Crippen molar-refractivity contribution in [1.82, 2.24) is 9.88 Å². The van der Waals surface area contributed by atoms with Crippen LogP contribution < -0.4 is 4.74 Å². The van der Waals surface area contributed by atoms with Crippen molar-refractivity contribution in [3.63, 3.8) is 0 Å². The van der Waals surface area contributed by atoms with Crippen molar-refractivity contribution in [2.75, 3.05) is 13.1 Å². The van der Waals surface area contributed by atoms with Gasteiger partial charge in [-0.1, -0.05) is 12.1 Å². The van der Waals surface area contributed by atoms with E-state index in [0.717, 1.165) is 18.7 Å². The number of pyridine rings is 1. The Morgan fingerprint density at radius 1 is 1.56 bits per heavy atom. The van der Waals surface area contributed by atoms with Gasteiger partial charge >= 0.3 is 0 Å². The van der Waals surface area contributed by atoms with Crippen LogP contribution in [0.15, 0.2) is 30.4 Å². The Hall–Kier alpha value is -1.84. The number of allylic oxidation sites excluding steroid dienone is 1. The maximum Gasteiger partial charge on any atom is 0.246 e. The summed E-state index contributed by atoms with van der Waals surface area (Å²) in [6.07, 6.45) is 4.26. The van der Waals surface area contributed by atoms with Gasteiger partial charge in [-0.25, -0.2) is 4.98 Å². The smallest absolute Gasteiger partial charge is 0.246 e. The molecule has 1 aromatic rings. The molecule has 2 rings (SSSR count). The molecule has 0 N–H and O–H groups in total. The van der Waals surface area contributed by atoms with Crippen LogP contribution in [0.3, 0.4) is 0 Å². The van der Waals surface area contributed by atoms with E-state index in [1.165, 1.54) is 0 Å². The third-order valence-electron chi connectivity index (χ3n) is 2.92. The maximum absolute atomic E-state index is 11.7. The van der Waals surface area contributed by atoms with Crippen LogP contribution in [0.25, 0.3) is 0 Å². The van der Waals surface area contributed by atoms with Crippen molar-refractivity contribution in [2.45, 2.75) is 26.4 Å². The van der Waals surface area contributed by atoms with E-state index in [9.17, 15) is 4.79 Å². The van der Waals surface area contributed by atoms with Gasteiger partial charge < -0.3 is 9.64 Å². The van der Waals surface area contributed by atoms with E-state index >= 15 is 0 Å². The molecule has 0 bridgehead atoms. The molecule has 1 atom stereocenters. The Bertz CT molecular complexity index is 457. The minimum Gasteiger partial charge on any atom is -0.472 e. The summed E-state index contributed by atoms with van der Waals surface area (Å²) in [6, 6.07) is 5.71. The van der Waals surface area contributed by atoms with Crippen molar-refractivity contribution in [3.8, 4) is 5.88 Å². The Morgan fingerprint density at radius 3 is 3.11 bits per heavy atom. The summed E-state index contributed by atoms with van der Waals surface area (Å²) >= 11 is 0. The first kappa shape index (κ1) is 12.6. The Labute approximate surface area is 107 Å². The summed E-state index contributed by atoms with van der Waals surface area (Å²) in [5.41, 5.74) is 0.937. The van der Waals surface area contributed by atoms with Crippen molar-refractivity contribution < 1.29 is 9.53 Å². The number of aromatic nitrogens is 1. The minimum atomic E-state index is 0.0495. The average molecular weight is 246 g/mol. The Balaban J connectivity index is 1.92. The molecule has 1 aromatic heterocycles. The monoisotopic (exact) mass is 246 g/mol. The molecule has 0 radical (unpaired) electrons. The number of ether oxygens (including phenoxy) is 1. The molecule has 0 aliphatic carbocycles. The van der Waals surface area contributed by atoms with E-state index in [4.69, 9.17) is 4.74 Å². The van der Waals surface area contributed by atoms with Gasteiger partial charge in [0.1, 0.15) is 6.10 Å². The molecule has 1 fully saturated rings. The third-order valence-corrected chi connectivity index (χ3v) is 2.92. The first-order chi connectivity index (χ1) is 8.69. The number of hydrogen-bond donors (Lipinski definition) is 0. The average Bonchev–Trinajstić information content (AvgIpc) is 2.78. The lowest BCUT2D eigenvalue weighted by molar-refractivity contribution is -0.125. The molecular formula is C14H18N2O2. The molecule has 0 saturated carbocycles. The highest BCUT2D eigenvalue weighted by Crippen LogP contribution is 2.17. The molecule has 96 valence electrons. The lowest BCUT2D eigenvalue weighted by Crippen LogP contribution is -2.29. The van der Waals surface area contributed by atoms with Gasteiger partial charge in [0.15, 0.2) is 0 Å². The van der Waals surface area contributed by atoms with E-state index in [-0.39, 0.29) is 12.0 Å². The second-order valence-corrected chi connectivity index (χ2v) is 4.43. The van der Waals surface area contributed by atoms with Crippen LogP contribution in [0.1, 0.15) is 19.0 Å². The highest BCUT2D eigenvalue weighted by atomic mass is 16.5. The SMILES string of the molecule is C/C=C/C(=O)N1CCC(Oc2cccc(C)n2)C1. The predicted octanol–water partition coefficient (Wildman–Crippen LogP) is 1.95. The van der Waals surface area contributed by atoms with Gasteiger partial charge in [0.25, 0.3) is 0 Å². The molecule has 1 aliphatic rings. The molecule has 18 heavy (non-hydrogen) atoms. The normalized spacial score (nSPS) is 19.4. The first-order valence-corrected chi connectivity index (χ1v) is 6.21. The first-order valence-electron chi connectivity index (χ1n) is 6.21. The topological polar surface area (TPSA) is 42.4 Å². The van der Waals surface area contributed by atoms with E-state index < -0.39 is 0 Å². The lowest BCUT2D eigenvalue weighted by atomic mass is 10.3. The van der Waals surface area contributed by atoms with Crippen LogP contribution in [0.5, 0.6) is 5.88 Å². The number of amides is 1. The number of rotatable bonds is 3. The quantitative estimate of drug-likeness (QED) is 0.765. The molecule has 0 spiro atoms. The number of nitrogens with zero attached hydrogens (tertiary/aromatic N) is 2. The van der Waals surface area contributed by atoms with Crippen molar-refractivity contribution in [2.24, 2.45) is 0 Å². The van der Waals surface area contributed by atoms with E-state index in [1.807, 2.05) is 32.0 Å². The van der Waals surface area contributed by atoms with Gasteiger partial charge in [-0.2, -0.15) is 0 Å². The van der Waals surface area contributed by atoms with E-state index in [1.54, 1.807) is 17.1 Å². The zero-order valence-electron chi connectivity index (χ0n) is 10.8. The molecular weight excluding hydrogens is 228 g/mol. The fourth-order valence-corrected chi connectivity index (χ4v) is 2.03. The standard InChI is InChI=1S/C14H18N2O2/c1-3-5-14(17)16-9-8-12(10-16)18-13-7-4-6-11(2)15-13/h3-7,12H,8-10H2,1-2H3/b5-3+. The highest BCUT2D eigenvalue weighted by Gasteiger charge is 2.26. The fourth-order valence-electron chi connectivity index (χ4n) is 2.03. The summed E-state index contributed by atoms with van der Waals surface area (Å²) in [5, 5.41) is 0. The summed E-state index contributed by atoms with van der Waals surface area (Å²) in [5.74, 6) is 0.695. The second kappa shape index (κ2) is 5.67. The van der Waals surface area contributed by atoms with Crippen LogP contribution in [0, 0.1) is 6.92 Å². The van der Waals surface area contributed by atoms with Crippen LogP contribution in [-0.2, 0) is 4.79 Å². The predicted molar refractivity (Wildman–Crippen MR) is 69.4 cm³/mol. The summed E-state index contributed by atoms with van der Waals surface area (Å²) in [7, 11) is 0. The molecule has 1 unspecified atom stereocenters. The molecule has 4 heteroatoms. The number of carbonyl (C=O) groups excluding carboxylic acids is 1. The minimum absolute atomic E-state index is 0.0495. The van der Waals surface area contributed by atoms with Gasteiger partial charge in [0, 0.05) is 24.7 Å². The van der Waals surface area contributed by atoms with Crippen LogP contribution in [0.4, 0.5) is 0 Å². The lowest BCUT2D eigenvalue weighted by Gasteiger charge is -2.15. The Morgan fingerprint density at radius 2 is 2.39 bits per heavy atom. The molecule has 2 heterocycles. The number of carbonyl (C=O) groups is 1. The molecule has 4 nitrogen and oxygen atoms in total. The zero-order valence-corrected chi connectivity index (χ0v) is 10.8. The molecule has 1 aliphatic heterocycles. The van der Waals surface area contributed by atoms with Crippen LogP contribution in [0.2, 0.25) is 0 Å². The van der Waals surface area contributed by atoms with Gasteiger partial charge in [0.05, 0.1) is 6.54 Å². The number of aryl methyl sites for hydroxylation is 1. The van der Waals surface area contributed by atoms with E-state index in [2.05, 4.69) is 4.98 Å². The van der Waals surface area contributed by atoms with Gasteiger partial charge in [-0.05, 0) is 26.0 Å². The van der Waals surface area contributed by atoms with Gasteiger partial charge in [-0.3, -0.25) is 4.79 Å². The summed E-state index contributed by atoms with van der Waals surface area (Å²) in [6.45, 7) is 5.17. The van der Waals surface area contributed by atoms with E-state index in [0.29, 0.717) is 12.4 Å². The van der Waals surface area contributed by atoms with Crippen molar-refractivity contribution in [3.05, 3.63) is 36.0 Å². The Kier molecular flexibility index (Phi) is 3.97. The molecule has 1 saturated heterocycles. The van der Waals surface area contributed by atoms with Gasteiger partial charge in [0.2, 0.25) is 11.8 Å². The summed E-state index contributed by atoms with van der Waals surface area (Å²) < 4.78 is 5.79. The third kappa shape index (κ3) is 3.09. The van der Waals surface area contributed by atoms with Crippen LogP contribution >= 0.6 is 0 Å². The summed E-state index contributed by atoms with van der Waals surface area (Å²) in [4.78, 5) is 17.8. The second-order valence-electron chi connectivity index (χ2n) is 4.43. The zero-order chi connectivity index (χ0) is 13.0.